The summed E-state index contributed by atoms with van der Waals surface area (Å²) in [6.45, 7) is 5.18. The Kier molecular flexibility index (Phi) is 42.6. The van der Waals surface area contributed by atoms with Gasteiger partial charge in [-0.05, 0) is 89.9 Å². The minimum Gasteiger partial charge on any atom is -0.756 e. The van der Waals surface area contributed by atoms with Crippen molar-refractivity contribution < 1.29 is 37.3 Å². The van der Waals surface area contributed by atoms with E-state index in [2.05, 4.69) is 98.9 Å². The van der Waals surface area contributed by atoms with E-state index in [1.54, 1.807) is 0 Å². The summed E-state index contributed by atoms with van der Waals surface area (Å²) in [5.74, 6) is -0.356. The number of carbonyl (C=O) groups excluding carboxylic acids is 1. The third kappa shape index (κ3) is 48.6. The van der Waals surface area contributed by atoms with Gasteiger partial charge in [0.2, 0.25) is 0 Å². The topological polar surface area (TPSA) is 94.1 Å². The number of ether oxygens (including phenoxy) is 2. The zero-order valence-electron chi connectivity index (χ0n) is 39.8. The molecule has 0 aromatic rings. The van der Waals surface area contributed by atoms with Crippen LogP contribution < -0.4 is 4.89 Å². The largest absolute Gasteiger partial charge is 0.756 e. The number of phosphoric ester groups is 1. The predicted molar refractivity (Wildman–Crippen MR) is 258 cm³/mol. The summed E-state index contributed by atoms with van der Waals surface area (Å²) in [6, 6.07) is 0. The second-order valence-corrected chi connectivity index (χ2v) is 18.5. The molecule has 0 aliphatic heterocycles. The Morgan fingerprint density at radius 1 is 0.525 bits per heavy atom. The molecule has 0 saturated heterocycles. The average molecular weight is 874 g/mol. The minimum absolute atomic E-state index is 0.0134. The maximum atomic E-state index is 12.7. The van der Waals surface area contributed by atoms with Gasteiger partial charge in [0, 0.05) is 13.0 Å². The molecule has 0 saturated carbocycles. The van der Waals surface area contributed by atoms with Gasteiger partial charge in [0.1, 0.15) is 19.3 Å². The molecule has 0 amide bonds. The van der Waals surface area contributed by atoms with Crippen LogP contribution in [0.15, 0.2) is 85.1 Å². The first kappa shape index (κ1) is 58.7. The third-order valence-electron chi connectivity index (χ3n) is 9.93. The van der Waals surface area contributed by atoms with Gasteiger partial charge < -0.3 is 27.9 Å². The second-order valence-electron chi connectivity index (χ2n) is 17.1. The van der Waals surface area contributed by atoms with E-state index in [0.717, 1.165) is 89.9 Å². The van der Waals surface area contributed by atoms with Gasteiger partial charge in [-0.3, -0.25) is 9.36 Å². The number of hydrogen-bond acceptors (Lipinski definition) is 7. The number of likely N-dealkylation sites (N-methyl/N-ethyl adjacent to an activating group) is 1. The Bertz CT molecular complexity index is 1250. The Morgan fingerprint density at radius 3 is 1.43 bits per heavy atom. The van der Waals surface area contributed by atoms with Gasteiger partial charge in [0.15, 0.2) is 0 Å². The number of hydrogen-bond donors (Lipinski definition) is 0. The number of quaternary nitrogens is 1. The quantitative estimate of drug-likeness (QED) is 0.0198. The Morgan fingerprint density at radius 2 is 0.951 bits per heavy atom. The summed E-state index contributed by atoms with van der Waals surface area (Å²) in [4.78, 5) is 25.1. The molecule has 0 spiro atoms. The maximum absolute atomic E-state index is 12.7. The van der Waals surface area contributed by atoms with Gasteiger partial charge in [-0.2, -0.15) is 0 Å². The molecule has 0 aliphatic rings. The van der Waals surface area contributed by atoms with E-state index in [4.69, 9.17) is 18.5 Å². The molecule has 0 radical (unpaired) electrons. The molecule has 2 atom stereocenters. The van der Waals surface area contributed by atoms with Crippen molar-refractivity contribution in [2.45, 2.75) is 187 Å². The first-order valence-corrected chi connectivity index (χ1v) is 25.8. The lowest BCUT2D eigenvalue weighted by Crippen LogP contribution is -2.37. The lowest BCUT2D eigenvalue weighted by molar-refractivity contribution is -0.870. The molecule has 352 valence electrons. The van der Waals surface area contributed by atoms with Crippen molar-refractivity contribution in [3.8, 4) is 0 Å². The molecular formula is C52H92NO7P. The fourth-order valence-corrected chi connectivity index (χ4v) is 6.92. The Balaban J connectivity index is 4.24. The van der Waals surface area contributed by atoms with Gasteiger partial charge in [-0.15, -0.1) is 0 Å². The highest BCUT2D eigenvalue weighted by molar-refractivity contribution is 7.45. The van der Waals surface area contributed by atoms with Crippen LogP contribution in [0, 0.1) is 0 Å². The summed E-state index contributed by atoms with van der Waals surface area (Å²) < 4.78 is 34.6. The van der Waals surface area contributed by atoms with E-state index < -0.39 is 13.9 Å². The molecule has 8 nitrogen and oxygen atoms in total. The number of allylic oxidation sites excluding steroid dienone is 14. The number of nitrogens with zero attached hydrogens (tertiary/aromatic N) is 1. The molecule has 0 heterocycles. The standard InChI is InChI=1S/C52H92NO7P/c1-6-8-10-12-14-16-18-20-22-24-25-26-27-28-29-30-31-33-35-37-39-41-43-45-52(54)60-51(50-59-61(55,56)58-48-46-53(3,4)5)49-57-47-44-42-40-38-36-34-32-23-21-19-17-15-13-11-9-7-2/h9,11,15,17-18,20-21,23-25,27-28,34,36,51H,6-8,10,12-14,16,19,22,26,29-33,35,37-50H2,1-5H3/b11-9-,17-15-,20-18-,23-21-,25-24-,28-27-,36-34-. The first-order chi connectivity index (χ1) is 29.6. The van der Waals surface area contributed by atoms with Gasteiger partial charge in [0.05, 0.1) is 34.4 Å². The number of phosphoric acid groups is 1. The van der Waals surface area contributed by atoms with Crippen LogP contribution in [-0.2, 0) is 27.9 Å². The van der Waals surface area contributed by atoms with Gasteiger partial charge in [0.25, 0.3) is 7.82 Å². The Labute approximate surface area is 375 Å². The molecule has 9 heteroatoms. The summed E-state index contributed by atoms with van der Waals surface area (Å²) in [7, 11) is 1.32. The summed E-state index contributed by atoms with van der Waals surface area (Å²) in [5, 5.41) is 0. The summed E-state index contributed by atoms with van der Waals surface area (Å²) >= 11 is 0. The smallest absolute Gasteiger partial charge is 0.306 e. The molecule has 0 aliphatic carbocycles. The van der Waals surface area contributed by atoms with Crippen LogP contribution >= 0.6 is 7.82 Å². The number of carbonyl (C=O) groups is 1. The molecule has 0 aromatic carbocycles. The SMILES string of the molecule is CC/C=C\C/C=C\C/C=C\C/C=C\CCCCCOCC(COP(=O)([O-])OCC[N+](C)(C)C)OC(=O)CCCCCCCCCC/C=C\C/C=C\C/C=C\CCCCCCC. The highest BCUT2D eigenvalue weighted by atomic mass is 31.2. The lowest BCUT2D eigenvalue weighted by Gasteiger charge is -2.28. The fourth-order valence-electron chi connectivity index (χ4n) is 6.19. The third-order valence-corrected chi connectivity index (χ3v) is 10.9. The van der Waals surface area contributed by atoms with Gasteiger partial charge in [-0.1, -0.05) is 170 Å². The molecule has 0 aromatic heterocycles. The van der Waals surface area contributed by atoms with Crippen LogP contribution in [0.5, 0.6) is 0 Å². The normalized spacial score (nSPS) is 14.4. The second kappa shape index (κ2) is 44.3. The Hall–Kier alpha value is -2.32. The van der Waals surface area contributed by atoms with Crippen LogP contribution in [0.4, 0.5) is 0 Å². The van der Waals surface area contributed by atoms with E-state index >= 15 is 0 Å². The predicted octanol–water partition coefficient (Wildman–Crippen LogP) is 14.2. The fraction of sp³-hybridized carbons (Fsp3) is 0.712. The van der Waals surface area contributed by atoms with E-state index in [1.807, 2.05) is 21.1 Å². The molecule has 0 N–H and O–H groups in total. The van der Waals surface area contributed by atoms with Crippen molar-refractivity contribution in [2.24, 2.45) is 0 Å². The highest BCUT2D eigenvalue weighted by Crippen LogP contribution is 2.38. The average Bonchev–Trinajstić information content (AvgIpc) is 3.22. The van der Waals surface area contributed by atoms with E-state index in [0.29, 0.717) is 24.1 Å². The van der Waals surface area contributed by atoms with Gasteiger partial charge in [-0.25, -0.2) is 0 Å². The zero-order chi connectivity index (χ0) is 44.8. The summed E-state index contributed by atoms with van der Waals surface area (Å²) in [5.41, 5.74) is 0. The maximum Gasteiger partial charge on any atom is 0.306 e. The van der Waals surface area contributed by atoms with Crippen molar-refractivity contribution >= 4 is 13.8 Å². The van der Waals surface area contributed by atoms with Crippen molar-refractivity contribution in [3.63, 3.8) is 0 Å². The summed E-state index contributed by atoms with van der Waals surface area (Å²) in [6.07, 6.45) is 58.9. The first-order valence-electron chi connectivity index (χ1n) is 24.3. The number of unbranched alkanes of at least 4 members (excludes halogenated alkanes) is 16. The number of esters is 1. The van der Waals surface area contributed by atoms with Gasteiger partial charge >= 0.3 is 5.97 Å². The molecule has 61 heavy (non-hydrogen) atoms. The van der Waals surface area contributed by atoms with Crippen molar-refractivity contribution in [1.82, 2.24) is 0 Å². The molecule has 0 rings (SSSR count). The van der Waals surface area contributed by atoms with Crippen LogP contribution in [0.25, 0.3) is 0 Å². The highest BCUT2D eigenvalue weighted by Gasteiger charge is 2.20. The van der Waals surface area contributed by atoms with Crippen molar-refractivity contribution in [2.75, 3.05) is 54.1 Å². The molecule has 2 unspecified atom stereocenters. The monoisotopic (exact) mass is 874 g/mol. The van der Waals surface area contributed by atoms with Crippen LogP contribution in [0.1, 0.15) is 181 Å². The molecule has 0 fully saturated rings. The van der Waals surface area contributed by atoms with E-state index in [9.17, 15) is 14.3 Å². The lowest BCUT2D eigenvalue weighted by atomic mass is 10.1. The van der Waals surface area contributed by atoms with E-state index in [-0.39, 0.29) is 25.8 Å². The van der Waals surface area contributed by atoms with Crippen LogP contribution in [0.2, 0.25) is 0 Å². The minimum atomic E-state index is -4.55. The van der Waals surface area contributed by atoms with Crippen LogP contribution in [-0.4, -0.2) is 70.7 Å². The van der Waals surface area contributed by atoms with Crippen molar-refractivity contribution in [1.29, 1.82) is 0 Å². The van der Waals surface area contributed by atoms with Crippen LogP contribution in [0.3, 0.4) is 0 Å². The zero-order valence-corrected chi connectivity index (χ0v) is 40.7. The molecular weight excluding hydrogens is 782 g/mol. The number of rotatable bonds is 44. The molecule has 0 bridgehead atoms. The van der Waals surface area contributed by atoms with E-state index in [1.165, 1.54) is 70.6 Å². The van der Waals surface area contributed by atoms with Crippen molar-refractivity contribution in [3.05, 3.63) is 85.1 Å².